The molecule has 0 spiro atoms. The number of anilines is 1. The van der Waals surface area contributed by atoms with Crippen LogP contribution in [0.5, 0.6) is 0 Å². The average molecular weight is 354 g/mol. The molecule has 2 atom stereocenters. The first kappa shape index (κ1) is 16.5. The molecule has 1 amide bonds. The van der Waals surface area contributed by atoms with E-state index in [9.17, 15) is 4.79 Å². The van der Waals surface area contributed by atoms with Crippen LogP contribution < -0.4 is 16.4 Å². The molecule has 0 aliphatic carbocycles. The van der Waals surface area contributed by atoms with Gasteiger partial charge in [-0.3, -0.25) is 9.48 Å². The second kappa shape index (κ2) is 6.41. The highest BCUT2D eigenvalue weighted by atomic mass is 16.2. The molecule has 1 aliphatic heterocycles. The van der Waals surface area contributed by atoms with Crippen molar-refractivity contribution in [3.63, 3.8) is 0 Å². The molecule has 0 aromatic carbocycles. The van der Waals surface area contributed by atoms with Crippen LogP contribution in [0.25, 0.3) is 16.8 Å². The molecule has 26 heavy (non-hydrogen) atoms. The summed E-state index contributed by atoms with van der Waals surface area (Å²) in [7, 11) is 3.53. The Morgan fingerprint density at radius 2 is 2.19 bits per heavy atom. The normalized spacial score (nSPS) is 20.4. The van der Waals surface area contributed by atoms with E-state index in [1.165, 1.54) is 0 Å². The number of likely N-dealkylation sites (N-methyl/N-ethyl adjacent to an activating group) is 1. The fourth-order valence-electron chi connectivity index (χ4n) is 3.49. The zero-order chi connectivity index (χ0) is 18.3. The minimum Gasteiger partial charge on any atom is -0.384 e. The minimum absolute atomic E-state index is 0.0287. The number of nitrogens with two attached hydrogens (primary N) is 1. The Morgan fingerprint density at radius 1 is 1.35 bits per heavy atom. The minimum atomic E-state index is -0.141. The third-order valence-electron chi connectivity index (χ3n) is 4.93. The van der Waals surface area contributed by atoms with Crippen LogP contribution >= 0.6 is 0 Å². The molecule has 1 aliphatic rings. The molecule has 3 aromatic heterocycles. The molecule has 0 saturated carbocycles. The van der Waals surface area contributed by atoms with Gasteiger partial charge in [0.1, 0.15) is 5.82 Å². The molecule has 4 N–H and O–H groups in total. The fourth-order valence-corrected chi connectivity index (χ4v) is 3.49. The van der Waals surface area contributed by atoms with Gasteiger partial charge in [0, 0.05) is 49.9 Å². The van der Waals surface area contributed by atoms with Crippen molar-refractivity contribution >= 4 is 17.4 Å². The third kappa shape index (κ3) is 2.80. The molecule has 3 aromatic rings. The number of rotatable bonds is 3. The topological polar surface area (TPSA) is 115 Å². The van der Waals surface area contributed by atoms with Crippen molar-refractivity contribution in [3.8, 4) is 11.1 Å². The largest absolute Gasteiger partial charge is 0.384 e. The van der Waals surface area contributed by atoms with E-state index in [4.69, 9.17) is 10.7 Å². The van der Waals surface area contributed by atoms with Gasteiger partial charge in [0.05, 0.1) is 24.1 Å². The van der Waals surface area contributed by atoms with Gasteiger partial charge >= 0.3 is 0 Å². The maximum absolute atomic E-state index is 11.8. The van der Waals surface area contributed by atoms with Crippen molar-refractivity contribution in [2.75, 3.05) is 19.3 Å². The summed E-state index contributed by atoms with van der Waals surface area (Å²) in [4.78, 5) is 16.6. The first-order valence-electron chi connectivity index (χ1n) is 8.65. The molecular weight excluding hydrogens is 332 g/mol. The van der Waals surface area contributed by atoms with Crippen molar-refractivity contribution in [1.82, 2.24) is 35.0 Å². The van der Waals surface area contributed by atoms with Crippen LogP contribution in [-0.2, 0) is 11.8 Å². The van der Waals surface area contributed by atoms with Gasteiger partial charge in [-0.15, -0.1) is 0 Å². The van der Waals surface area contributed by atoms with Gasteiger partial charge in [-0.2, -0.15) is 14.7 Å². The molecule has 4 rings (SSSR count). The number of carbonyl (C=O) groups excluding carboxylic acids is 1. The molecule has 9 nitrogen and oxygen atoms in total. The molecule has 0 unspecified atom stereocenters. The number of hydrogen-bond acceptors (Lipinski definition) is 6. The number of fused-ring (bicyclic) bond motifs is 1. The van der Waals surface area contributed by atoms with Crippen LogP contribution in [0.4, 0.5) is 5.82 Å². The molecule has 1 saturated heterocycles. The lowest BCUT2D eigenvalue weighted by Crippen LogP contribution is -2.47. The number of aromatic nitrogens is 5. The number of nitrogens with zero attached hydrogens (tertiary/aromatic N) is 5. The number of nitrogen functional groups attached to an aromatic ring is 1. The smallest absolute Gasteiger partial charge is 0.236 e. The van der Waals surface area contributed by atoms with Crippen LogP contribution in [0, 0.1) is 0 Å². The monoisotopic (exact) mass is 354 g/mol. The van der Waals surface area contributed by atoms with E-state index in [0.29, 0.717) is 12.4 Å². The van der Waals surface area contributed by atoms with Gasteiger partial charge in [0.2, 0.25) is 5.91 Å². The average Bonchev–Trinajstić information content (AvgIpc) is 3.27. The maximum atomic E-state index is 11.8. The number of aryl methyl sites for hydroxylation is 1. The molecule has 1 fully saturated rings. The quantitative estimate of drug-likeness (QED) is 0.623. The summed E-state index contributed by atoms with van der Waals surface area (Å²) in [6.07, 6.45) is 7.13. The van der Waals surface area contributed by atoms with E-state index >= 15 is 0 Å². The van der Waals surface area contributed by atoms with Gasteiger partial charge in [-0.1, -0.05) is 0 Å². The summed E-state index contributed by atoms with van der Waals surface area (Å²) in [6, 6.07) is 1.73. The van der Waals surface area contributed by atoms with Crippen LogP contribution in [0.2, 0.25) is 0 Å². The molecular formula is C17H22N8O. The Kier molecular flexibility index (Phi) is 4.08. The van der Waals surface area contributed by atoms with Gasteiger partial charge < -0.3 is 16.4 Å². The Balaban J connectivity index is 1.66. The number of piperidine rings is 1. The van der Waals surface area contributed by atoms with E-state index < -0.39 is 0 Å². The van der Waals surface area contributed by atoms with Crippen molar-refractivity contribution < 1.29 is 4.79 Å². The van der Waals surface area contributed by atoms with Gasteiger partial charge in [-0.25, -0.2) is 4.98 Å². The van der Waals surface area contributed by atoms with E-state index in [-0.39, 0.29) is 17.9 Å². The standard InChI is InChI=1S/C17H22N8O/c1-19-17(26)13-4-3-10(6-20-13)14-5-15(18)25-16(23-14)12(8-22-25)11-7-21-24(2)9-11/h5,7-10,13,20H,3-4,6,18H2,1-2H3,(H,19,26)/t10-,13-/m0/s1. The van der Waals surface area contributed by atoms with E-state index in [1.54, 1.807) is 28.6 Å². The second-order valence-corrected chi connectivity index (χ2v) is 6.65. The summed E-state index contributed by atoms with van der Waals surface area (Å²) in [5.74, 6) is 0.787. The van der Waals surface area contributed by atoms with Crippen LogP contribution in [0.1, 0.15) is 24.5 Å². The highest BCUT2D eigenvalue weighted by molar-refractivity contribution is 5.81. The van der Waals surface area contributed by atoms with Crippen molar-refractivity contribution in [3.05, 3.63) is 30.4 Å². The van der Waals surface area contributed by atoms with Crippen LogP contribution in [0.15, 0.2) is 24.7 Å². The SMILES string of the molecule is CNC(=O)[C@@H]1CC[C@H](c2cc(N)n3ncc(-c4cnn(C)c4)c3n2)CN1. The molecule has 0 radical (unpaired) electrons. The fraction of sp³-hybridized carbons (Fsp3) is 0.412. The maximum Gasteiger partial charge on any atom is 0.236 e. The lowest BCUT2D eigenvalue weighted by molar-refractivity contribution is -0.123. The third-order valence-corrected chi connectivity index (χ3v) is 4.93. The summed E-state index contributed by atoms with van der Waals surface area (Å²) >= 11 is 0. The van der Waals surface area contributed by atoms with Crippen LogP contribution in [0.3, 0.4) is 0 Å². The highest BCUT2D eigenvalue weighted by Crippen LogP contribution is 2.29. The van der Waals surface area contributed by atoms with Gasteiger partial charge in [0.25, 0.3) is 0 Å². The summed E-state index contributed by atoms with van der Waals surface area (Å²) < 4.78 is 3.39. The zero-order valence-corrected chi connectivity index (χ0v) is 14.8. The predicted molar refractivity (Wildman–Crippen MR) is 97.4 cm³/mol. The molecule has 136 valence electrons. The number of carbonyl (C=O) groups is 1. The van der Waals surface area contributed by atoms with Crippen molar-refractivity contribution in [2.45, 2.75) is 24.8 Å². The number of nitrogens with one attached hydrogen (secondary N) is 2. The summed E-state index contributed by atoms with van der Waals surface area (Å²) in [5, 5.41) is 14.6. The molecule has 9 heteroatoms. The van der Waals surface area contributed by atoms with E-state index in [2.05, 4.69) is 20.8 Å². The highest BCUT2D eigenvalue weighted by Gasteiger charge is 2.27. The van der Waals surface area contributed by atoms with Gasteiger partial charge in [0.15, 0.2) is 5.65 Å². The molecule has 4 heterocycles. The first-order chi connectivity index (χ1) is 12.6. The predicted octanol–water partition coefficient (Wildman–Crippen LogP) is 0.294. The number of hydrogen-bond donors (Lipinski definition) is 3. The lowest BCUT2D eigenvalue weighted by atomic mass is 9.91. The Bertz CT molecular complexity index is 951. The number of amides is 1. The second-order valence-electron chi connectivity index (χ2n) is 6.65. The van der Waals surface area contributed by atoms with E-state index in [1.807, 2.05) is 19.3 Å². The van der Waals surface area contributed by atoms with Crippen molar-refractivity contribution in [1.29, 1.82) is 0 Å². The van der Waals surface area contributed by atoms with E-state index in [0.717, 1.165) is 35.3 Å². The van der Waals surface area contributed by atoms with Crippen LogP contribution in [-0.4, -0.2) is 49.9 Å². The van der Waals surface area contributed by atoms with Crippen molar-refractivity contribution in [2.24, 2.45) is 7.05 Å². The first-order valence-corrected chi connectivity index (χ1v) is 8.65. The zero-order valence-electron chi connectivity index (χ0n) is 14.8. The summed E-state index contributed by atoms with van der Waals surface area (Å²) in [6.45, 7) is 0.692. The Hall–Kier alpha value is -2.94. The Labute approximate surface area is 150 Å². The Morgan fingerprint density at radius 3 is 2.85 bits per heavy atom. The summed E-state index contributed by atoms with van der Waals surface area (Å²) in [5.41, 5.74) is 9.71. The van der Waals surface area contributed by atoms with Gasteiger partial charge in [-0.05, 0) is 12.8 Å². The molecule has 0 bridgehead atoms. The lowest BCUT2D eigenvalue weighted by Gasteiger charge is -2.28.